The molecule has 0 bridgehead atoms. The van der Waals surface area contributed by atoms with Crippen molar-refractivity contribution in [2.75, 3.05) is 6.61 Å². The predicted octanol–water partition coefficient (Wildman–Crippen LogP) is 1.52. The molecule has 19 heavy (non-hydrogen) atoms. The zero-order chi connectivity index (χ0) is 13.8. The number of nitrogens with zero attached hydrogens (tertiary/aromatic N) is 1. The van der Waals surface area contributed by atoms with Gasteiger partial charge in [-0.2, -0.15) is 0 Å². The highest BCUT2D eigenvalue weighted by molar-refractivity contribution is 5.87. The van der Waals surface area contributed by atoms with Gasteiger partial charge in [-0.15, -0.1) is 0 Å². The fourth-order valence-corrected chi connectivity index (χ4v) is 1.55. The van der Waals surface area contributed by atoms with Crippen molar-refractivity contribution in [2.45, 2.75) is 12.8 Å². The Hall–Kier alpha value is -2.37. The van der Waals surface area contributed by atoms with Gasteiger partial charge in [0.15, 0.2) is 5.69 Å². The molecular formula is C13H15N3O3. The molecule has 0 spiro atoms. The van der Waals surface area contributed by atoms with Gasteiger partial charge in [0.2, 0.25) is 5.88 Å². The Labute approximate surface area is 110 Å². The van der Waals surface area contributed by atoms with Crippen LogP contribution in [-0.2, 0) is 0 Å². The van der Waals surface area contributed by atoms with Crippen molar-refractivity contribution in [1.29, 1.82) is 5.41 Å². The number of allylic oxidation sites excluding steroid dienone is 1. The number of carboxylic acid groups (broad SMARTS) is 1. The summed E-state index contributed by atoms with van der Waals surface area (Å²) >= 11 is 0. The van der Waals surface area contributed by atoms with Crippen LogP contribution in [0.25, 0.3) is 5.70 Å². The summed E-state index contributed by atoms with van der Waals surface area (Å²) in [5.41, 5.74) is 6.54. The molecule has 1 heterocycles. The lowest BCUT2D eigenvalue weighted by molar-refractivity contribution is 0.0689. The van der Waals surface area contributed by atoms with Crippen LogP contribution >= 0.6 is 0 Å². The molecule has 0 atom stereocenters. The van der Waals surface area contributed by atoms with Crippen molar-refractivity contribution in [3.8, 4) is 5.88 Å². The fourth-order valence-electron chi connectivity index (χ4n) is 1.55. The number of rotatable bonds is 6. The number of aromatic carboxylic acids is 1. The Morgan fingerprint density at radius 1 is 1.58 bits per heavy atom. The third-order valence-corrected chi connectivity index (χ3v) is 2.81. The standard InChI is InChI=1S/C13H15N3O3/c14-6-5-10(15)9-3-4-11(13(17)18)16-12(9)19-7-8-1-2-8/h3-6,8,14H,1-2,7,15H2,(H,17,18). The number of hydrogen-bond donors (Lipinski definition) is 3. The summed E-state index contributed by atoms with van der Waals surface area (Å²) < 4.78 is 5.55. The van der Waals surface area contributed by atoms with Crippen molar-refractivity contribution >= 4 is 17.9 Å². The number of nitrogens with one attached hydrogen (secondary N) is 1. The minimum atomic E-state index is -1.11. The van der Waals surface area contributed by atoms with Gasteiger partial charge in [0.05, 0.1) is 12.2 Å². The molecule has 100 valence electrons. The third kappa shape index (κ3) is 3.31. The largest absolute Gasteiger partial charge is 0.477 e. The molecule has 1 aromatic heterocycles. The molecule has 6 heteroatoms. The lowest BCUT2D eigenvalue weighted by Gasteiger charge is -2.10. The van der Waals surface area contributed by atoms with E-state index in [-0.39, 0.29) is 11.6 Å². The second-order valence-electron chi connectivity index (χ2n) is 4.40. The normalized spacial score (nSPS) is 15.1. The fraction of sp³-hybridized carbons (Fsp3) is 0.308. The second kappa shape index (κ2) is 5.51. The molecule has 1 aromatic rings. The molecule has 2 rings (SSSR count). The van der Waals surface area contributed by atoms with E-state index in [9.17, 15) is 4.79 Å². The van der Waals surface area contributed by atoms with Gasteiger partial charge in [0.1, 0.15) is 0 Å². The molecule has 0 unspecified atom stereocenters. The van der Waals surface area contributed by atoms with Crippen LogP contribution in [0.3, 0.4) is 0 Å². The van der Waals surface area contributed by atoms with Crippen molar-refractivity contribution in [1.82, 2.24) is 4.98 Å². The van der Waals surface area contributed by atoms with Gasteiger partial charge in [-0.25, -0.2) is 9.78 Å². The maximum absolute atomic E-state index is 10.9. The van der Waals surface area contributed by atoms with E-state index in [4.69, 9.17) is 21.0 Å². The Balaban J connectivity index is 2.30. The van der Waals surface area contributed by atoms with Crippen molar-refractivity contribution in [2.24, 2.45) is 11.7 Å². The van der Waals surface area contributed by atoms with Gasteiger partial charge < -0.3 is 21.0 Å². The Bertz CT molecular complexity index is 536. The molecule has 1 aliphatic rings. The van der Waals surface area contributed by atoms with Gasteiger partial charge >= 0.3 is 5.97 Å². The average Bonchev–Trinajstić information content (AvgIpc) is 3.20. The summed E-state index contributed by atoms with van der Waals surface area (Å²) in [4.78, 5) is 14.9. The monoisotopic (exact) mass is 261 g/mol. The number of ether oxygens (including phenoxy) is 1. The van der Waals surface area contributed by atoms with Gasteiger partial charge in [0, 0.05) is 11.9 Å². The zero-order valence-corrected chi connectivity index (χ0v) is 10.3. The molecule has 1 aliphatic carbocycles. The van der Waals surface area contributed by atoms with Crippen LogP contribution in [-0.4, -0.2) is 28.9 Å². The first-order chi connectivity index (χ1) is 9.11. The molecule has 0 aromatic carbocycles. The summed E-state index contributed by atoms with van der Waals surface area (Å²) in [6.07, 6.45) is 4.71. The van der Waals surface area contributed by atoms with Crippen molar-refractivity contribution < 1.29 is 14.6 Å². The molecule has 0 radical (unpaired) electrons. The van der Waals surface area contributed by atoms with Gasteiger partial charge in [-0.3, -0.25) is 0 Å². The van der Waals surface area contributed by atoms with E-state index in [2.05, 4.69) is 4.98 Å². The van der Waals surface area contributed by atoms with Crippen LogP contribution in [0.5, 0.6) is 5.88 Å². The van der Waals surface area contributed by atoms with Crippen molar-refractivity contribution in [3.05, 3.63) is 29.5 Å². The summed E-state index contributed by atoms with van der Waals surface area (Å²) in [7, 11) is 0. The van der Waals surface area contributed by atoms with Crippen LogP contribution < -0.4 is 10.5 Å². The van der Waals surface area contributed by atoms with Crippen LogP contribution in [0, 0.1) is 11.3 Å². The van der Waals surface area contributed by atoms with E-state index in [1.54, 1.807) is 6.07 Å². The van der Waals surface area contributed by atoms with Crippen molar-refractivity contribution in [3.63, 3.8) is 0 Å². The lowest BCUT2D eigenvalue weighted by atomic mass is 10.2. The molecular weight excluding hydrogens is 246 g/mol. The molecule has 0 aliphatic heterocycles. The van der Waals surface area contributed by atoms with E-state index in [0.717, 1.165) is 19.1 Å². The second-order valence-corrected chi connectivity index (χ2v) is 4.40. The Kier molecular flexibility index (Phi) is 3.79. The summed E-state index contributed by atoms with van der Waals surface area (Å²) in [6, 6.07) is 2.92. The topological polar surface area (TPSA) is 109 Å². The van der Waals surface area contributed by atoms with E-state index in [0.29, 0.717) is 23.8 Å². The Morgan fingerprint density at radius 2 is 2.32 bits per heavy atom. The molecule has 4 N–H and O–H groups in total. The average molecular weight is 261 g/mol. The third-order valence-electron chi connectivity index (χ3n) is 2.81. The minimum absolute atomic E-state index is 0.0859. The highest BCUT2D eigenvalue weighted by Crippen LogP contribution is 2.30. The van der Waals surface area contributed by atoms with Crippen LogP contribution in [0.1, 0.15) is 28.9 Å². The molecule has 1 fully saturated rings. The number of nitrogens with two attached hydrogens (primary N) is 1. The van der Waals surface area contributed by atoms with Gasteiger partial charge in [0.25, 0.3) is 0 Å². The first kappa shape index (κ1) is 13.1. The van der Waals surface area contributed by atoms with Crippen LogP contribution in [0.4, 0.5) is 0 Å². The van der Waals surface area contributed by atoms with E-state index in [1.807, 2.05) is 0 Å². The Morgan fingerprint density at radius 3 is 2.89 bits per heavy atom. The van der Waals surface area contributed by atoms with Crippen LogP contribution in [0.15, 0.2) is 18.2 Å². The highest BCUT2D eigenvalue weighted by Gasteiger charge is 2.23. The van der Waals surface area contributed by atoms with Gasteiger partial charge in [-0.1, -0.05) is 0 Å². The number of carbonyl (C=O) groups is 1. The SMILES string of the molecule is N=CC=C(N)c1ccc(C(=O)O)nc1OCC1CC1. The summed E-state index contributed by atoms with van der Waals surface area (Å²) in [6.45, 7) is 0.515. The maximum atomic E-state index is 10.9. The van der Waals surface area contributed by atoms with E-state index < -0.39 is 5.97 Å². The smallest absolute Gasteiger partial charge is 0.354 e. The lowest BCUT2D eigenvalue weighted by Crippen LogP contribution is -2.09. The molecule has 0 amide bonds. The molecule has 1 saturated carbocycles. The predicted molar refractivity (Wildman–Crippen MR) is 70.4 cm³/mol. The van der Waals surface area contributed by atoms with Gasteiger partial charge in [-0.05, 0) is 37.0 Å². The molecule has 6 nitrogen and oxygen atoms in total. The highest BCUT2D eigenvalue weighted by atomic mass is 16.5. The number of hydrogen-bond acceptors (Lipinski definition) is 5. The zero-order valence-electron chi connectivity index (χ0n) is 10.3. The quantitative estimate of drug-likeness (QED) is 0.672. The summed E-state index contributed by atoms with van der Waals surface area (Å²) in [5.74, 6) is -0.379. The minimum Gasteiger partial charge on any atom is -0.477 e. The van der Waals surface area contributed by atoms with E-state index in [1.165, 1.54) is 12.1 Å². The number of aromatic nitrogens is 1. The van der Waals surface area contributed by atoms with E-state index >= 15 is 0 Å². The number of pyridine rings is 1. The van der Waals surface area contributed by atoms with Crippen LogP contribution in [0.2, 0.25) is 0 Å². The number of carboxylic acids is 1. The summed E-state index contributed by atoms with van der Waals surface area (Å²) in [5, 5.41) is 15.9. The maximum Gasteiger partial charge on any atom is 0.354 e. The first-order valence-corrected chi connectivity index (χ1v) is 5.95. The first-order valence-electron chi connectivity index (χ1n) is 5.95. The molecule has 0 saturated heterocycles.